The molecule has 0 saturated heterocycles. The Morgan fingerprint density at radius 2 is 0.800 bits per heavy atom. The SMILES string of the molecule is Cc1ccc(S(=O)(=O)Oc2ccc(Cc3ccc(OS(=O)(=O)c4ccc(C)cc4)cc3)cc2)cc1. The lowest BCUT2D eigenvalue weighted by molar-refractivity contribution is 0.484. The maximum atomic E-state index is 12.4. The van der Waals surface area contributed by atoms with Crippen LogP contribution in [0.2, 0.25) is 0 Å². The van der Waals surface area contributed by atoms with Crippen LogP contribution in [0.25, 0.3) is 0 Å². The van der Waals surface area contributed by atoms with E-state index in [2.05, 4.69) is 0 Å². The maximum absolute atomic E-state index is 12.4. The summed E-state index contributed by atoms with van der Waals surface area (Å²) in [5.74, 6) is 0.443. The van der Waals surface area contributed by atoms with Crippen LogP contribution in [-0.4, -0.2) is 16.8 Å². The minimum absolute atomic E-state index is 0.0962. The largest absolute Gasteiger partial charge is 0.379 e. The van der Waals surface area contributed by atoms with E-state index in [1.165, 1.54) is 24.3 Å². The van der Waals surface area contributed by atoms with Crippen LogP contribution in [0.5, 0.6) is 11.5 Å². The van der Waals surface area contributed by atoms with E-state index in [1.54, 1.807) is 72.8 Å². The molecule has 0 spiro atoms. The summed E-state index contributed by atoms with van der Waals surface area (Å²) in [7, 11) is -7.81. The van der Waals surface area contributed by atoms with Gasteiger partial charge in [0.05, 0.1) is 0 Å². The molecule has 0 saturated carbocycles. The summed E-state index contributed by atoms with van der Waals surface area (Å²) >= 11 is 0. The van der Waals surface area contributed by atoms with Crippen LogP contribution in [0.4, 0.5) is 0 Å². The van der Waals surface area contributed by atoms with Crippen LogP contribution < -0.4 is 8.37 Å². The first-order valence-corrected chi connectivity index (χ1v) is 13.6. The van der Waals surface area contributed by atoms with E-state index in [1.807, 2.05) is 13.8 Å². The lowest BCUT2D eigenvalue weighted by Gasteiger charge is -2.09. The molecule has 0 bridgehead atoms. The second-order valence-electron chi connectivity index (χ2n) is 8.17. The van der Waals surface area contributed by atoms with E-state index in [4.69, 9.17) is 8.37 Å². The van der Waals surface area contributed by atoms with Crippen molar-refractivity contribution in [1.82, 2.24) is 0 Å². The van der Waals surface area contributed by atoms with Gasteiger partial charge in [-0.2, -0.15) is 16.8 Å². The predicted octanol–water partition coefficient (Wildman–Crippen LogP) is 5.43. The van der Waals surface area contributed by atoms with Gasteiger partial charge >= 0.3 is 20.2 Å². The van der Waals surface area contributed by atoms with E-state index in [-0.39, 0.29) is 21.3 Å². The van der Waals surface area contributed by atoms with Gasteiger partial charge in [-0.3, -0.25) is 0 Å². The second kappa shape index (κ2) is 9.93. The summed E-state index contributed by atoms with van der Waals surface area (Å²) in [5.41, 5.74) is 3.79. The molecule has 180 valence electrons. The van der Waals surface area contributed by atoms with Crippen molar-refractivity contribution >= 4 is 20.2 Å². The van der Waals surface area contributed by atoms with Gasteiger partial charge in [0.15, 0.2) is 0 Å². The normalized spacial score (nSPS) is 11.7. The van der Waals surface area contributed by atoms with Crippen molar-refractivity contribution in [3.8, 4) is 11.5 Å². The third-order valence-electron chi connectivity index (χ3n) is 5.29. The van der Waals surface area contributed by atoms with Gasteiger partial charge in [-0.15, -0.1) is 0 Å². The smallest absolute Gasteiger partial charge is 0.339 e. The molecule has 4 aromatic rings. The number of hydrogen-bond acceptors (Lipinski definition) is 6. The highest BCUT2D eigenvalue weighted by Crippen LogP contribution is 2.23. The summed E-state index contributed by atoms with van der Waals surface area (Å²) in [5, 5.41) is 0. The fourth-order valence-electron chi connectivity index (χ4n) is 3.32. The first-order valence-electron chi connectivity index (χ1n) is 10.8. The maximum Gasteiger partial charge on any atom is 0.339 e. The van der Waals surface area contributed by atoms with Crippen LogP contribution in [-0.2, 0) is 26.7 Å². The first-order chi connectivity index (χ1) is 16.6. The zero-order chi connectivity index (χ0) is 25.1. The quantitative estimate of drug-likeness (QED) is 0.295. The van der Waals surface area contributed by atoms with Crippen molar-refractivity contribution in [1.29, 1.82) is 0 Å². The highest BCUT2D eigenvalue weighted by molar-refractivity contribution is 7.87. The van der Waals surface area contributed by atoms with Crippen molar-refractivity contribution in [3.63, 3.8) is 0 Å². The van der Waals surface area contributed by atoms with Crippen molar-refractivity contribution in [2.24, 2.45) is 0 Å². The molecule has 4 rings (SSSR count). The standard InChI is InChI=1S/C27H24O6S2/c1-20-3-15-26(16-4-20)34(28,29)32-24-11-7-22(8-12-24)19-23-9-13-25(14-10-23)33-35(30,31)27-17-5-21(2)6-18-27/h3-18H,19H2,1-2H3. The summed E-state index contributed by atoms with van der Waals surface area (Å²) in [6.45, 7) is 3.76. The van der Waals surface area contributed by atoms with Crippen LogP contribution >= 0.6 is 0 Å². The number of aryl methyl sites for hydroxylation is 2. The molecule has 0 aromatic heterocycles. The van der Waals surface area contributed by atoms with Crippen LogP contribution in [0, 0.1) is 13.8 Å². The van der Waals surface area contributed by atoms with E-state index < -0.39 is 20.2 Å². The fourth-order valence-corrected chi connectivity index (χ4v) is 5.18. The molecule has 0 aliphatic heterocycles. The Kier molecular flexibility index (Phi) is 6.95. The molecule has 0 aliphatic rings. The Labute approximate surface area is 206 Å². The molecular weight excluding hydrogens is 484 g/mol. The molecule has 0 aliphatic carbocycles. The number of hydrogen-bond donors (Lipinski definition) is 0. The van der Waals surface area contributed by atoms with Crippen molar-refractivity contribution in [2.45, 2.75) is 30.1 Å². The summed E-state index contributed by atoms with van der Waals surface area (Å²) in [6.07, 6.45) is 0.565. The van der Waals surface area contributed by atoms with Gasteiger partial charge in [-0.1, -0.05) is 59.7 Å². The van der Waals surface area contributed by atoms with Crippen molar-refractivity contribution < 1.29 is 25.2 Å². The number of rotatable bonds is 8. The molecule has 0 heterocycles. The Hall–Kier alpha value is -3.62. The number of benzene rings is 4. The van der Waals surface area contributed by atoms with Crippen LogP contribution in [0.3, 0.4) is 0 Å². The highest BCUT2D eigenvalue weighted by atomic mass is 32.2. The van der Waals surface area contributed by atoms with Gasteiger partial charge in [-0.05, 0) is 79.9 Å². The summed E-state index contributed by atoms with van der Waals surface area (Å²) in [6, 6.07) is 26.5. The van der Waals surface area contributed by atoms with E-state index >= 15 is 0 Å². The zero-order valence-corrected chi connectivity index (χ0v) is 20.8. The van der Waals surface area contributed by atoms with Crippen LogP contribution in [0.1, 0.15) is 22.3 Å². The van der Waals surface area contributed by atoms with E-state index in [0.29, 0.717) is 6.42 Å². The molecule has 0 N–H and O–H groups in total. The monoisotopic (exact) mass is 508 g/mol. The zero-order valence-electron chi connectivity index (χ0n) is 19.2. The highest BCUT2D eigenvalue weighted by Gasteiger charge is 2.17. The minimum Gasteiger partial charge on any atom is -0.379 e. The molecule has 0 fully saturated rings. The first kappa shape index (κ1) is 24.5. The predicted molar refractivity (Wildman–Crippen MR) is 134 cm³/mol. The van der Waals surface area contributed by atoms with Gasteiger partial charge in [0, 0.05) is 0 Å². The second-order valence-corrected chi connectivity index (χ2v) is 11.3. The van der Waals surface area contributed by atoms with Crippen molar-refractivity contribution in [2.75, 3.05) is 0 Å². The molecule has 0 amide bonds. The average Bonchev–Trinajstić information content (AvgIpc) is 2.82. The molecule has 35 heavy (non-hydrogen) atoms. The molecule has 0 radical (unpaired) electrons. The van der Waals surface area contributed by atoms with E-state index in [0.717, 1.165) is 22.3 Å². The average molecular weight is 509 g/mol. The minimum atomic E-state index is -3.91. The molecule has 0 unspecified atom stereocenters. The molecule has 0 atom stereocenters. The van der Waals surface area contributed by atoms with Gasteiger partial charge in [0.25, 0.3) is 0 Å². The lowest BCUT2D eigenvalue weighted by Crippen LogP contribution is -2.09. The molecule has 4 aromatic carbocycles. The van der Waals surface area contributed by atoms with Crippen LogP contribution in [0.15, 0.2) is 107 Å². The Bertz CT molecular complexity index is 1390. The molecule has 6 nitrogen and oxygen atoms in total. The van der Waals surface area contributed by atoms with Gasteiger partial charge in [-0.25, -0.2) is 0 Å². The third-order valence-corrected chi connectivity index (χ3v) is 7.81. The Morgan fingerprint density at radius 3 is 1.11 bits per heavy atom. The third kappa shape index (κ3) is 6.29. The fraction of sp³-hybridized carbons (Fsp3) is 0.111. The Morgan fingerprint density at radius 1 is 0.486 bits per heavy atom. The van der Waals surface area contributed by atoms with Gasteiger partial charge in [0.2, 0.25) is 0 Å². The van der Waals surface area contributed by atoms with Gasteiger partial charge < -0.3 is 8.37 Å². The Balaban J connectivity index is 1.39. The van der Waals surface area contributed by atoms with Gasteiger partial charge in [0.1, 0.15) is 21.3 Å². The molecule has 8 heteroatoms. The summed E-state index contributed by atoms with van der Waals surface area (Å²) < 4.78 is 60.3. The van der Waals surface area contributed by atoms with Crippen molar-refractivity contribution in [3.05, 3.63) is 119 Å². The topological polar surface area (TPSA) is 86.7 Å². The van der Waals surface area contributed by atoms with E-state index in [9.17, 15) is 16.8 Å². The molecular formula is C27H24O6S2. The lowest BCUT2D eigenvalue weighted by atomic mass is 10.1. The summed E-state index contributed by atoms with van der Waals surface area (Å²) in [4.78, 5) is 0.192.